The number of nitrogens with zero attached hydrogens (tertiary/aromatic N) is 3. The van der Waals surface area contributed by atoms with Gasteiger partial charge < -0.3 is 9.64 Å². The standard InChI is InChI=1S/C23H24ClN3O/c1-4-17-10-11-25-22(13-17)21-14-20(15-26-23(21)24)28-16-19(27(2)3)12-18-8-6-5-7-9-18/h4-11,13-15,19H,1,12,16H2,2-3H3/t19-/m0/s1. The number of rotatable bonds is 8. The molecule has 1 atom stereocenters. The third-order valence-electron chi connectivity index (χ3n) is 4.60. The van der Waals surface area contributed by atoms with Crippen molar-refractivity contribution in [2.75, 3.05) is 20.7 Å². The average molecular weight is 394 g/mol. The smallest absolute Gasteiger partial charge is 0.138 e. The van der Waals surface area contributed by atoms with Gasteiger partial charge in [-0.2, -0.15) is 0 Å². The summed E-state index contributed by atoms with van der Waals surface area (Å²) in [5.74, 6) is 0.671. The Morgan fingerprint density at radius 2 is 1.93 bits per heavy atom. The molecule has 3 aromatic rings. The maximum Gasteiger partial charge on any atom is 0.138 e. The number of hydrogen-bond acceptors (Lipinski definition) is 4. The Labute approximate surface area is 171 Å². The fraction of sp³-hybridized carbons (Fsp3) is 0.217. The van der Waals surface area contributed by atoms with Crippen molar-refractivity contribution in [1.82, 2.24) is 14.9 Å². The van der Waals surface area contributed by atoms with Crippen LogP contribution in [0.4, 0.5) is 0 Å². The van der Waals surface area contributed by atoms with Gasteiger partial charge in [0, 0.05) is 17.8 Å². The molecule has 2 aromatic heterocycles. The second-order valence-corrected chi connectivity index (χ2v) is 7.16. The largest absolute Gasteiger partial charge is 0.490 e. The van der Waals surface area contributed by atoms with Crippen molar-refractivity contribution in [3.8, 4) is 17.0 Å². The van der Waals surface area contributed by atoms with E-state index in [2.05, 4.69) is 59.8 Å². The molecule has 0 saturated carbocycles. The van der Waals surface area contributed by atoms with E-state index in [9.17, 15) is 0 Å². The van der Waals surface area contributed by atoms with Crippen LogP contribution in [0.15, 0.2) is 67.5 Å². The van der Waals surface area contributed by atoms with Crippen molar-refractivity contribution in [2.24, 2.45) is 0 Å². The Morgan fingerprint density at radius 1 is 1.14 bits per heavy atom. The molecule has 3 rings (SSSR count). The SMILES string of the molecule is C=Cc1ccnc(-c2cc(OC[C@H](Cc3ccccc3)N(C)C)cnc2Cl)c1. The molecule has 0 spiro atoms. The Morgan fingerprint density at radius 3 is 2.64 bits per heavy atom. The predicted molar refractivity (Wildman–Crippen MR) is 116 cm³/mol. The maximum atomic E-state index is 6.31. The van der Waals surface area contributed by atoms with Gasteiger partial charge in [-0.15, -0.1) is 0 Å². The van der Waals surface area contributed by atoms with E-state index in [1.54, 1.807) is 18.5 Å². The third kappa shape index (κ3) is 5.18. The van der Waals surface area contributed by atoms with Gasteiger partial charge in [0.1, 0.15) is 17.5 Å². The van der Waals surface area contributed by atoms with Gasteiger partial charge in [0.25, 0.3) is 0 Å². The van der Waals surface area contributed by atoms with E-state index in [0.717, 1.165) is 23.2 Å². The van der Waals surface area contributed by atoms with Crippen LogP contribution >= 0.6 is 11.6 Å². The van der Waals surface area contributed by atoms with E-state index in [4.69, 9.17) is 16.3 Å². The molecule has 0 saturated heterocycles. The molecule has 0 aliphatic heterocycles. The van der Waals surface area contributed by atoms with Crippen molar-refractivity contribution in [3.63, 3.8) is 0 Å². The van der Waals surface area contributed by atoms with Crippen LogP contribution in [0.5, 0.6) is 5.75 Å². The summed E-state index contributed by atoms with van der Waals surface area (Å²) in [5, 5.41) is 0.398. The number of halogens is 1. The first-order valence-electron chi connectivity index (χ1n) is 9.14. The molecule has 1 aromatic carbocycles. The molecule has 4 nitrogen and oxygen atoms in total. The number of ether oxygens (including phenoxy) is 1. The van der Waals surface area contributed by atoms with Gasteiger partial charge in [0.05, 0.1) is 11.9 Å². The highest BCUT2D eigenvalue weighted by atomic mass is 35.5. The Balaban J connectivity index is 1.75. The van der Waals surface area contributed by atoms with Crippen LogP contribution in [0.25, 0.3) is 17.3 Å². The highest BCUT2D eigenvalue weighted by Gasteiger charge is 2.15. The zero-order chi connectivity index (χ0) is 19.9. The van der Waals surface area contributed by atoms with Crippen molar-refractivity contribution in [1.29, 1.82) is 0 Å². The van der Waals surface area contributed by atoms with Crippen LogP contribution in [0.1, 0.15) is 11.1 Å². The average Bonchev–Trinajstić information content (AvgIpc) is 2.72. The molecular weight excluding hydrogens is 370 g/mol. The summed E-state index contributed by atoms with van der Waals surface area (Å²) in [7, 11) is 4.13. The monoisotopic (exact) mass is 393 g/mol. The Kier molecular flexibility index (Phi) is 6.80. The molecule has 0 N–H and O–H groups in total. The van der Waals surface area contributed by atoms with Gasteiger partial charge in [-0.3, -0.25) is 4.98 Å². The molecule has 0 radical (unpaired) electrons. The third-order valence-corrected chi connectivity index (χ3v) is 4.90. The minimum atomic E-state index is 0.240. The summed E-state index contributed by atoms with van der Waals surface area (Å²) in [6.07, 6.45) is 6.07. The Bertz CT molecular complexity index is 928. The maximum absolute atomic E-state index is 6.31. The van der Waals surface area contributed by atoms with Crippen LogP contribution in [-0.4, -0.2) is 41.6 Å². The first-order chi connectivity index (χ1) is 13.6. The van der Waals surface area contributed by atoms with Crippen molar-refractivity contribution < 1.29 is 4.74 Å². The molecule has 5 heteroatoms. The van der Waals surface area contributed by atoms with E-state index < -0.39 is 0 Å². The van der Waals surface area contributed by atoms with Crippen LogP contribution in [-0.2, 0) is 6.42 Å². The molecule has 0 bridgehead atoms. The summed E-state index contributed by atoms with van der Waals surface area (Å²) < 4.78 is 6.06. The summed E-state index contributed by atoms with van der Waals surface area (Å²) in [5.41, 5.74) is 3.74. The quantitative estimate of drug-likeness (QED) is 0.505. The van der Waals surface area contributed by atoms with Gasteiger partial charge in [-0.25, -0.2) is 4.98 Å². The van der Waals surface area contributed by atoms with Crippen LogP contribution < -0.4 is 4.74 Å². The molecule has 0 unspecified atom stereocenters. The molecule has 0 aliphatic rings. The molecule has 144 valence electrons. The van der Waals surface area contributed by atoms with Gasteiger partial charge in [-0.1, -0.05) is 54.6 Å². The van der Waals surface area contributed by atoms with Gasteiger partial charge in [0.15, 0.2) is 0 Å². The normalized spacial score (nSPS) is 12.0. The lowest BCUT2D eigenvalue weighted by Crippen LogP contribution is -2.35. The summed E-state index contributed by atoms with van der Waals surface area (Å²) in [6.45, 7) is 4.35. The lowest BCUT2D eigenvalue weighted by molar-refractivity contribution is 0.184. The highest BCUT2D eigenvalue weighted by molar-refractivity contribution is 6.32. The lowest BCUT2D eigenvalue weighted by atomic mass is 10.1. The zero-order valence-corrected chi connectivity index (χ0v) is 16.9. The van der Waals surface area contributed by atoms with E-state index in [-0.39, 0.29) is 6.04 Å². The number of likely N-dealkylation sites (N-methyl/N-ethyl adjacent to an activating group) is 1. The van der Waals surface area contributed by atoms with Crippen molar-refractivity contribution in [3.05, 3.63) is 83.8 Å². The zero-order valence-electron chi connectivity index (χ0n) is 16.2. The number of benzene rings is 1. The number of pyridine rings is 2. The van der Waals surface area contributed by atoms with Gasteiger partial charge >= 0.3 is 0 Å². The predicted octanol–water partition coefficient (Wildman–Crippen LogP) is 4.99. The van der Waals surface area contributed by atoms with Gasteiger partial charge in [0.2, 0.25) is 0 Å². The molecule has 0 amide bonds. The number of aromatic nitrogens is 2. The fourth-order valence-corrected chi connectivity index (χ4v) is 3.08. The van der Waals surface area contributed by atoms with Gasteiger partial charge in [-0.05, 0) is 49.8 Å². The van der Waals surface area contributed by atoms with E-state index in [1.807, 2.05) is 24.3 Å². The van der Waals surface area contributed by atoms with Crippen LogP contribution in [0.2, 0.25) is 5.15 Å². The van der Waals surface area contributed by atoms with Crippen molar-refractivity contribution >= 4 is 17.7 Å². The Hall–Kier alpha value is -2.69. The number of hydrogen-bond donors (Lipinski definition) is 0. The second-order valence-electron chi connectivity index (χ2n) is 6.81. The molecule has 0 aliphatic carbocycles. The van der Waals surface area contributed by atoms with Crippen molar-refractivity contribution in [2.45, 2.75) is 12.5 Å². The molecule has 2 heterocycles. The highest BCUT2D eigenvalue weighted by Crippen LogP contribution is 2.29. The topological polar surface area (TPSA) is 38.2 Å². The van der Waals surface area contributed by atoms with Crippen LogP contribution in [0, 0.1) is 0 Å². The second kappa shape index (κ2) is 9.49. The lowest BCUT2D eigenvalue weighted by Gasteiger charge is -2.24. The minimum absolute atomic E-state index is 0.240. The first-order valence-corrected chi connectivity index (χ1v) is 9.52. The van der Waals surface area contributed by atoms with E-state index in [1.165, 1.54) is 5.56 Å². The molecule has 28 heavy (non-hydrogen) atoms. The van der Waals surface area contributed by atoms with E-state index in [0.29, 0.717) is 17.5 Å². The first kappa shape index (κ1) is 20.1. The van der Waals surface area contributed by atoms with Crippen LogP contribution in [0.3, 0.4) is 0 Å². The summed E-state index contributed by atoms with van der Waals surface area (Å²) in [6, 6.07) is 16.4. The fourth-order valence-electron chi connectivity index (χ4n) is 2.88. The summed E-state index contributed by atoms with van der Waals surface area (Å²) >= 11 is 6.31. The summed E-state index contributed by atoms with van der Waals surface area (Å²) in [4.78, 5) is 10.9. The molecule has 0 fully saturated rings. The van der Waals surface area contributed by atoms with E-state index >= 15 is 0 Å². The minimum Gasteiger partial charge on any atom is -0.490 e. The molecular formula is C23H24ClN3O.